The highest BCUT2D eigenvalue weighted by molar-refractivity contribution is 8.18. The predicted octanol–water partition coefficient (Wildman–Crippen LogP) is 4.06. The lowest BCUT2D eigenvalue weighted by molar-refractivity contribution is -0.115. The fraction of sp³-hybridized carbons (Fsp3) is 0.304. The molecule has 32 heavy (non-hydrogen) atoms. The van der Waals surface area contributed by atoms with Crippen molar-refractivity contribution in [3.05, 3.63) is 59.0 Å². The van der Waals surface area contributed by atoms with E-state index in [-0.39, 0.29) is 11.1 Å². The number of amides is 2. The third-order valence-electron chi connectivity index (χ3n) is 5.77. The van der Waals surface area contributed by atoms with Gasteiger partial charge >= 0.3 is 0 Å². The zero-order valence-corrected chi connectivity index (χ0v) is 18.2. The molecule has 2 aliphatic rings. The highest BCUT2D eigenvalue weighted by Crippen LogP contribution is 2.26. The number of carbonyl (C=O) groups is 2. The Morgan fingerprint density at radius 2 is 1.97 bits per heavy atom. The maximum absolute atomic E-state index is 11.7. The van der Waals surface area contributed by atoms with Gasteiger partial charge in [0.25, 0.3) is 11.1 Å². The summed E-state index contributed by atoms with van der Waals surface area (Å²) in [5, 5.41) is 10.1. The van der Waals surface area contributed by atoms with Gasteiger partial charge in [-0.25, -0.2) is 9.97 Å². The predicted molar refractivity (Wildman–Crippen MR) is 124 cm³/mol. The van der Waals surface area contributed by atoms with Crippen LogP contribution in [0.25, 0.3) is 17.0 Å². The van der Waals surface area contributed by atoms with E-state index in [1.54, 1.807) is 24.6 Å². The Labute approximate surface area is 189 Å². The van der Waals surface area contributed by atoms with Gasteiger partial charge in [0, 0.05) is 30.2 Å². The van der Waals surface area contributed by atoms with Crippen LogP contribution >= 0.6 is 11.8 Å². The van der Waals surface area contributed by atoms with Crippen molar-refractivity contribution in [2.75, 3.05) is 5.32 Å². The normalized spacial score (nSPS) is 22.4. The van der Waals surface area contributed by atoms with E-state index < -0.39 is 0 Å². The maximum Gasteiger partial charge on any atom is 0.290 e. The fourth-order valence-corrected chi connectivity index (χ4v) is 4.76. The molecule has 1 aliphatic carbocycles. The van der Waals surface area contributed by atoms with E-state index in [0.29, 0.717) is 28.6 Å². The van der Waals surface area contributed by atoms with Crippen LogP contribution in [0.5, 0.6) is 0 Å². The molecule has 8 nitrogen and oxygen atoms in total. The van der Waals surface area contributed by atoms with Crippen LogP contribution in [0, 0.1) is 0 Å². The highest BCUT2D eigenvalue weighted by Gasteiger charge is 2.25. The Balaban J connectivity index is 1.12. The lowest BCUT2D eigenvalue weighted by Gasteiger charge is -2.29. The van der Waals surface area contributed by atoms with Crippen molar-refractivity contribution in [2.45, 2.75) is 44.3 Å². The van der Waals surface area contributed by atoms with Crippen molar-refractivity contribution in [1.29, 1.82) is 0 Å². The number of anilines is 1. The van der Waals surface area contributed by atoms with Crippen molar-refractivity contribution in [3.63, 3.8) is 0 Å². The highest BCUT2D eigenvalue weighted by atomic mass is 32.2. The van der Waals surface area contributed by atoms with Crippen molar-refractivity contribution in [1.82, 2.24) is 20.6 Å². The standard InChI is InChI=1S/C23H23N5O3S/c29-21-20(32-23(30)28-21)12-18-7-9-24-22(27-18)26-17-4-2-16(3-5-17)25-13-14-1-6-19-15(11-14)8-10-31-19/h1,6-12,16-17,25H,2-5,13H2,(H,24,26,27)(H,28,29,30)/b20-12+. The number of imide groups is 1. The van der Waals surface area contributed by atoms with Crippen molar-refractivity contribution in [3.8, 4) is 0 Å². The van der Waals surface area contributed by atoms with E-state index in [9.17, 15) is 9.59 Å². The van der Waals surface area contributed by atoms with Crippen LogP contribution in [0.15, 0.2) is 52.1 Å². The van der Waals surface area contributed by atoms with E-state index in [2.05, 4.69) is 38.1 Å². The molecular weight excluding hydrogens is 426 g/mol. The van der Waals surface area contributed by atoms with Crippen LogP contribution in [0.2, 0.25) is 0 Å². The van der Waals surface area contributed by atoms with Gasteiger partial charge in [-0.05, 0) is 73.4 Å². The molecule has 2 amide bonds. The van der Waals surface area contributed by atoms with Crippen LogP contribution in [0.3, 0.4) is 0 Å². The van der Waals surface area contributed by atoms with Crippen LogP contribution < -0.4 is 16.0 Å². The van der Waals surface area contributed by atoms with Gasteiger partial charge in [-0.15, -0.1) is 0 Å². The molecule has 0 bridgehead atoms. The summed E-state index contributed by atoms with van der Waals surface area (Å²) in [7, 11) is 0. The molecule has 1 aromatic carbocycles. The molecule has 0 unspecified atom stereocenters. The first kappa shape index (κ1) is 20.7. The molecule has 3 aromatic rings. The molecule has 9 heteroatoms. The first-order chi connectivity index (χ1) is 15.6. The third kappa shape index (κ3) is 4.84. The average molecular weight is 450 g/mol. The smallest absolute Gasteiger partial charge is 0.290 e. The lowest BCUT2D eigenvalue weighted by Crippen LogP contribution is -2.36. The number of hydrogen-bond donors (Lipinski definition) is 3. The molecular formula is C23H23N5O3S. The topological polar surface area (TPSA) is 109 Å². The summed E-state index contributed by atoms with van der Waals surface area (Å²) in [5.74, 6) is 0.155. The zero-order valence-electron chi connectivity index (χ0n) is 17.3. The molecule has 2 fully saturated rings. The van der Waals surface area contributed by atoms with Gasteiger partial charge in [0.1, 0.15) is 5.58 Å². The van der Waals surface area contributed by atoms with Gasteiger partial charge in [-0.3, -0.25) is 14.9 Å². The largest absolute Gasteiger partial charge is 0.464 e. The monoisotopic (exact) mass is 449 g/mol. The van der Waals surface area contributed by atoms with Gasteiger partial charge in [-0.1, -0.05) is 6.07 Å². The van der Waals surface area contributed by atoms with E-state index in [1.807, 2.05) is 12.1 Å². The minimum atomic E-state index is -0.386. The zero-order chi connectivity index (χ0) is 21.9. The summed E-state index contributed by atoms with van der Waals surface area (Å²) in [6.07, 6.45) is 9.20. The van der Waals surface area contributed by atoms with Crippen molar-refractivity contribution in [2.24, 2.45) is 0 Å². The number of fused-ring (bicyclic) bond motifs is 1. The van der Waals surface area contributed by atoms with Gasteiger partial charge in [0.05, 0.1) is 16.9 Å². The molecule has 3 N–H and O–H groups in total. The quantitative estimate of drug-likeness (QED) is 0.484. The Hall–Kier alpha value is -3.17. The number of rotatable bonds is 6. The first-order valence-electron chi connectivity index (χ1n) is 10.7. The van der Waals surface area contributed by atoms with Gasteiger partial charge in [0.2, 0.25) is 5.95 Å². The van der Waals surface area contributed by atoms with Crippen LogP contribution in [-0.4, -0.2) is 33.2 Å². The molecule has 5 rings (SSSR count). The van der Waals surface area contributed by atoms with Gasteiger partial charge in [0.15, 0.2) is 0 Å². The maximum atomic E-state index is 11.7. The summed E-state index contributed by atoms with van der Waals surface area (Å²) >= 11 is 0.883. The van der Waals surface area contributed by atoms with Gasteiger partial charge < -0.3 is 15.1 Å². The van der Waals surface area contributed by atoms with Crippen LogP contribution in [0.1, 0.15) is 36.9 Å². The van der Waals surface area contributed by atoms with Crippen LogP contribution in [-0.2, 0) is 11.3 Å². The second kappa shape index (κ2) is 9.13. The number of nitrogens with zero attached hydrogens (tertiary/aromatic N) is 2. The SMILES string of the molecule is O=C1NC(=O)/C(=C\c2ccnc(NC3CCC(NCc4ccc5occc5c4)CC3)n2)S1. The number of carbonyl (C=O) groups excluding carboxylic acids is 2. The van der Waals surface area contributed by atoms with Gasteiger partial charge in [-0.2, -0.15) is 0 Å². The Morgan fingerprint density at radius 1 is 1.12 bits per heavy atom. The number of hydrogen-bond acceptors (Lipinski definition) is 8. The number of aromatic nitrogens is 2. The number of benzene rings is 1. The van der Waals surface area contributed by atoms with E-state index >= 15 is 0 Å². The molecule has 1 saturated heterocycles. The average Bonchev–Trinajstić information content (AvgIpc) is 3.38. The lowest BCUT2D eigenvalue weighted by atomic mass is 9.91. The number of nitrogens with one attached hydrogen (secondary N) is 3. The molecule has 0 spiro atoms. The Kier molecular flexibility index (Phi) is 5.91. The molecule has 1 aliphatic heterocycles. The second-order valence-corrected chi connectivity index (χ2v) is 9.04. The fourth-order valence-electron chi connectivity index (χ4n) is 4.09. The molecule has 2 aromatic heterocycles. The molecule has 1 saturated carbocycles. The first-order valence-corrected chi connectivity index (χ1v) is 11.5. The molecule has 0 atom stereocenters. The van der Waals surface area contributed by atoms with E-state index in [4.69, 9.17) is 4.42 Å². The Bertz CT molecular complexity index is 1180. The summed E-state index contributed by atoms with van der Waals surface area (Å²) in [6, 6.07) is 10.8. The summed E-state index contributed by atoms with van der Waals surface area (Å²) < 4.78 is 5.40. The van der Waals surface area contributed by atoms with Crippen molar-refractivity contribution >= 4 is 45.9 Å². The molecule has 164 valence electrons. The molecule has 3 heterocycles. The molecule has 0 radical (unpaired) electrons. The summed E-state index contributed by atoms with van der Waals surface area (Å²) in [4.78, 5) is 32.2. The summed E-state index contributed by atoms with van der Waals surface area (Å²) in [6.45, 7) is 0.845. The van der Waals surface area contributed by atoms with Crippen LogP contribution in [0.4, 0.5) is 10.7 Å². The minimum absolute atomic E-state index is 0.309. The van der Waals surface area contributed by atoms with E-state index in [0.717, 1.165) is 55.0 Å². The third-order valence-corrected chi connectivity index (χ3v) is 6.58. The summed E-state index contributed by atoms with van der Waals surface area (Å²) in [5.41, 5.74) is 2.77. The minimum Gasteiger partial charge on any atom is -0.464 e. The Morgan fingerprint density at radius 3 is 2.78 bits per heavy atom. The number of thioether (sulfide) groups is 1. The second-order valence-electron chi connectivity index (χ2n) is 8.02. The number of furan rings is 1. The van der Waals surface area contributed by atoms with Crippen molar-refractivity contribution < 1.29 is 14.0 Å². The van der Waals surface area contributed by atoms with E-state index in [1.165, 1.54) is 5.56 Å².